The maximum absolute atomic E-state index is 11.2. The van der Waals surface area contributed by atoms with Crippen molar-refractivity contribution in [3.8, 4) is 17.0 Å². The van der Waals surface area contributed by atoms with E-state index >= 15 is 0 Å². The molecule has 17 heavy (non-hydrogen) atoms. The second-order valence-electron chi connectivity index (χ2n) is 3.39. The Kier molecular flexibility index (Phi) is 3.00. The van der Waals surface area contributed by atoms with Crippen molar-refractivity contribution in [1.82, 2.24) is 10.2 Å². The van der Waals surface area contributed by atoms with Gasteiger partial charge in [0.15, 0.2) is 6.29 Å². The van der Waals surface area contributed by atoms with Crippen LogP contribution in [0.4, 0.5) is 0 Å². The zero-order chi connectivity index (χ0) is 12.3. The minimum Gasteiger partial charge on any atom is -0.497 e. The molecule has 0 aliphatic heterocycles. The number of benzene rings is 1. The summed E-state index contributed by atoms with van der Waals surface area (Å²) in [4.78, 5) is 21.8. The lowest BCUT2D eigenvalue weighted by molar-refractivity contribution is 0.112. The zero-order valence-corrected chi connectivity index (χ0v) is 9.14. The molecule has 0 fully saturated rings. The molecule has 0 aliphatic carbocycles. The predicted octanol–water partition coefficient (Wildman–Crippen LogP) is 1.26. The standard InChI is InChI=1S/C12H10N2O3/c1-17-10-4-2-3-8(5-10)11-6-9(7-15)12(16)14-13-11/h2-7H,1H3,(H,14,16). The molecular weight excluding hydrogens is 220 g/mol. The van der Waals surface area contributed by atoms with Crippen LogP contribution in [0.3, 0.4) is 0 Å². The predicted molar refractivity (Wildman–Crippen MR) is 62.2 cm³/mol. The van der Waals surface area contributed by atoms with Gasteiger partial charge in [0.1, 0.15) is 5.75 Å². The first-order chi connectivity index (χ1) is 8.24. The van der Waals surface area contributed by atoms with E-state index in [2.05, 4.69) is 10.2 Å². The quantitative estimate of drug-likeness (QED) is 0.805. The van der Waals surface area contributed by atoms with Crippen molar-refractivity contribution in [3.05, 3.63) is 46.2 Å². The third-order valence-electron chi connectivity index (χ3n) is 2.32. The Hall–Kier alpha value is -2.43. The van der Waals surface area contributed by atoms with Gasteiger partial charge in [0, 0.05) is 5.56 Å². The Morgan fingerprint density at radius 1 is 1.35 bits per heavy atom. The molecule has 0 spiro atoms. The smallest absolute Gasteiger partial charge is 0.274 e. The summed E-state index contributed by atoms with van der Waals surface area (Å²) in [5.41, 5.74) is 0.846. The Bertz CT molecular complexity index is 605. The van der Waals surface area contributed by atoms with Gasteiger partial charge in [-0.2, -0.15) is 5.10 Å². The second-order valence-corrected chi connectivity index (χ2v) is 3.39. The van der Waals surface area contributed by atoms with E-state index < -0.39 is 5.56 Å². The van der Waals surface area contributed by atoms with E-state index in [4.69, 9.17) is 4.74 Å². The number of nitrogens with one attached hydrogen (secondary N) is 1. The number of rotatable bonds is 3. The monoisotopic (exact) mass is 230 g/mol. The van der Waals surface area contributed by atoms with Crippen LogP contribution < -0.4 is 10.3 Å². The summed E-state index contributed by atoms with van der Waals surface area (Å²) in [5, 5.41) is 6.16. The van der Waals surface area contributed by atoms with Crippen LogP contribution in [0.15, 0.2) is 35.1 Å². The van der Waals surface area contributed by atoms with Crippen LogP contribution in [0.1, 0.15) is 10.4 Å². The largest absolute Gasteiger partial charge is 0.497 e. The maximum atomic E-state index is 11.2. The number of methoxy groups -OCH3 is 1. The van der Waals surface area contributed by atoms with Crippen molar-refractivity contribution in [3.63, 3.8) is 0 Å². The van der Waals surface area contributed by atoms with E-state index in [1.54, 1.807) is 19.2 Å². The molecule has 0 bridgehead atoms. The van der Waals surface area contributed by atoms with Gasteiger partial charge in [-0.3, -0.25) is 9.59 Å². The number of aldehydes is 1. The summed E-state index contributed by atoms with van der Waals surface area (Å²) in [5.74, 6) is 0.683. The highest BCUT2D eigenvalue weighted by molar-refractivity contribution is 5.76. The molecule has 0 saturated carbocycles. The van der Waals surface area contributed by atoms with E-state index in [0.717, 1.165) is 5.56 Å². The summed E-state index contributed by atoms with van der Waals surface area (Å²) in [6.07, 6.45) is 0.504. The maximum Gasteiger partial charge on any atom is 0.274 e. The highest BCUT2D eigenvalue weighted by Crippen LogP contribution is 2.21. The van der Waals surface area contributed by atoms with Crippen LogP contribution in [-0.2, 0) is 0 Å². The average molecular weight is 230 g/mol. The number of aromatic nitrogens is 2. The van der Waals surface area contributed by atoms with Crippen molar-refractivity contribution in [2.24, 2.45) is 0 Å². The fourth-order valence-corrected chi connectivity index (χ4v) is 1.44. The molecule has 1 aromatic heterocycles. The van der Waals surface area contributed by atoms with Gasteiger partial charge in [-0.15, -0.1) is 0 Å². The number of H-pyrrole nitrogens is 1. The Balaban J connectivity index is 2.52. The molecule has 5 heteroatoms. The molecule has 5 nitrogen and oxygen atoms in total. The lowest BCUT2D eigenvalue weighted by Crippen LogP contribution is -2.13. The van der Waals surface area contributed by atoms with Gasteiger partial charge in [0.05, 0.1) is 18.4 Å². The highest BCUT2D eigenvalue weighted by Gasteiger charge is 2.05. The molecular formula is C12H10N2O3. The van der Waals surface area contributed by atoms with Gasteiger partial charge in [0.2, 0.25) is 0 Å². The van der Waals surface area contributed by atoms with Crippen LogP contribution >= 0.6 is 0 Å². The zero-order valence-electron chi connectivity index (χ0n) is 9.14. The highest BCUT2D eigenvalue weighted by atomic mass is 16.5. The van der Waals surface area contributed by atoms with E-state index in [1.165, 1.54) is 6.07 Å². The number of hydrogen-bond acceptors (Lipinski definition) is 4. The molecule has 1 N–H and O–H groups in total. The van der Waals surface area contributed by atoms with E-state index in [0.29, 0.717) is 17.7 Å². The van der Waals surface area contributed by atoms with Gasteiger partial charge < -0.3 is 4.74 Å². The topological polar surface area (TPSA) is 72.1 Å². The molecule has 0 radical (unpaired) electrons. The summed E-state index contributed by atoms with van der Waals surface area (Å²) in [6.45, 7) is 0. The van der Waals surface area contributed by atoms with E-state index in [9.17, 15) is 9.59 Å². The Labute approximate surface area is 97.1 Å². The van der Waals surface area contributed by atoms with Crippen LogP contribution in [0.25, 0.3) is 11.3 Å². The number of carbonyl (C=O) groups is 1. The molecule has 86 valence electrons. The fourth-order valence-electron chi connectivity index (χ4n) is 1.44. The van der Waals surface area contributed by atoms with Crippen molar-refractivity contribution in [1.29, 1.82) is 0 Å². The molecule has 2 aromatic rings. The Morgan fingerprint density at radius 2 is 2.18 bits per heavy atom. The third-order valence-corrected chi connectivity index (χ3v) is 2.32. The number of carbonyl (C=O) groups excluding carboxylic acids is 1. The molecule has 1 aromatic carbocycles. The number of aromatic amines is 1. The number of nitrogens with zero attached hydrogens (tertiary/aromatic N) is 1. The lowest BCUT2D eigenvalue weighted by atomic mass is 10.1. The molecule has 0 amide bonds. The van der Waals surface area contributed by atoms with Crippen LogP contribution in [0.2, 0.25) is 0 Å². The van der Waals surface area contributed by atoms with Crippen molar-refractivity contribution in [2.45, 2.75) is 0 Å². The van der Waals surface area contributed by atoms with Crippen LogP contribution in [-0.4, -0.2) is 23.6 Å². The summed E-state index contributed by atoms with van der Waals surface area (Å²) in [7, 11) is 1.57. The molecule has 2 rings (SSSR count). The molecule has 0 atom stereocenters. The second kappa shape index (κ2) is 4.61. The minimum atomic E-state index is -0.494. The van der Waals surface area contributed by atoms with Crippen LogP contribution in [0, 0.1) is 0 Å². The normalized spacial score (nSPS) is 9.94. The average Bonchev–Trinajstić information content (AvgIpc) is 2.39. The van der Waals surface area contributed by atoms with Crippen molar-refractivity contribution in [2.75, 3.05) is 7.11 Å². The molecule has 0 unspecified atom stereocenters. The first-order valence-corrected chi connectivity index (χ1v) is 4.94. The van der Waals surface area contributed by atoms with Gasteiger partial charge in [-0.25, -0.2) is 5.10 Å². The van der Waals surface area contributed by atoms with E-state index in [1.807, 2.05) is 12.1 Å². The van der Waals surface area contributed by atoms with Crippen LogP contribution in [0.5, 0.6) is 5.75 Å². The third kappa shape index (κ3) is 2.23. The number of hydrogen-bond donors (Lipinski definition) is 1. The number of ether oxygens (including phenoxy) is 1. The summed E-state index contributed by atoms with van der Waals surface area (Å²) in [6, 6.07) is 8.64. The first-order valence-electron chi connectivity index (χ1n) is 4.94. The summed E-state index contributed by atoms with van der Waals surface area (Å²) >= 11 is 0. The van der Waals surface area contributed by atoms with Crippen molar-refractivity contribution >= 4 is 6.29 Å². The molecule has 1 heterocycles. The lowest BCUT2D eigenvalue weighted by Gasteiger charge is -2.03. The van der Waals surface area contributed by atoms with Gasteiger partial charge in [-0.05, 0) is 18.2 Å². The van der Waals surface area contributed by atoms with E-state index in [-0.39, 0.29) is 5.56 Å². The van der Waals surface area contributed by atoms with Gasteiger partial charge in [-0.1, -0.05) is 12.1 Å². The Morgan fingerprint density at radius 3 is 2.88 bits per heavy atom. The fraction of sp³-hybridized carbons (Fsp3) is 0.0833. The summed E-state index contributed by atoms with van der Waals surface area (Å²) < 4.78 is 5.09. The molecule has 0 aliphatic rings. The van der Waals surface area contributed by atoms with Gasteiger partial charge >= 0.3 is 0 Å². The SMILES string of the molecule is COc1cccc(-c2cc(C=O)c(=O)[nH]n2)c1. The molecule has 0 saturated heterocycles. The first kappa shape index (κ1) is 11.1. The van der Waals surface area contributed by atoms with Gasteiger partial charge in [0.25, 0.3) is 5.56 Å². The van der Waals surface area contributed by atoms with Crippen molar-refractivity contribution < 1.29 is 9.53 Å². The minimum absolute atomic E-state index is 0.0535.